The Balaban J connectivity index is 1.90. The number of rotatable bonds is 15. The van der Waals surface area contributed by atoms with E-state index >= 15 is 0 Å². The van der Waals surface area contributed by atoms with Crippen LogP contribution in [0.25, 0.3) is 0 Å². The number of nitrogens with zero attached hydrogens (tertiary/aromatic N) is 2. The standard InChI is InChI=1S/C24H34N4O8S2/c1-5-35-21-11-7-19(8-12-21)27(37(3,31)32)17-23(29)25-15-16-26-24(30)18-28(38(4,33)34)20-9-13-22(14-10-20)36-6-2/h7-14H,5-6,15-18H2,1-4H3,(H,25,29)(H,26,30). The van der Waals surface area contributed by atoms with Crippen molar-refractivity contribution in [3.05, 3.63) is 48.5 Å². The van der Waals surface area contributed by atoms with Crippen LogP contribution in [0.4, 0.5) is 11.4 Å². The molecule has 2 amide bonds. The van der Waals surface area contributed by atoms with E-state index in [1.54, 1.807) is 24.3 Å². The second kappa shape index (κ2) is 13.9. The molecule has 0 aliphatic carbocycles. The first kappa shape index (κ1) is 30.7. The lowest BCUT2D eigenvalue weighted by molar-refractivity contribution is -0.121. The normalized spacial score (nSPS) is 11.4. The molecule has 2 rings (SSSR count). The van der Waals surface area contributed by atoms with Crippen molar-refractivity contribution in [3.8, 4) is 11.5 Å². The van der Waals surface area contributed by atoms with Gasteiger partial charge in [-0.1, -0.05) is 0 Å². The van der Waals surface area contributed by atoms with Crippen LogP contribution in [0.15, 0.2) is 48.5 Å². The molecule has 0 unspecified atom stereocenters. The van der Waals surface area contributed by atoms with Crippen molar-refractivity contribution in [2.75, 3.05) is 60.5 Å². The third-order valence-corrected chi connectivity index (χ3v) is 7.30. The molecule has 0 saturated carbocycles. The zero-order chi connectivity index (χ0) is 28.3. The van der Waals surface area contributed by atoms with Crippen molar-refractivity contribution in [1.29, 1.82) is 0 Å². The van der Waals surface area contributed by atoms with Gasteiger partial charge in [0, 0.05) is 13.1 Å². The number of ether oxygens (including phenoxy) is 2. The van der Waals surface area contributed by atoms with Crippen molar-refractivity contribution in [2.45, 2.75) is 13.8 Å². The van der Waals surface area contributed by atoms with Crippen LogP contribution in [-0.2, 0) is 29.6 Å². The first-order valence-electron chi connectivity index (χ1n) is 11.8. The lowest BCUT2D eigenvalue weighted by atomic mass is 10.3. The quantitative estimate of drug-likeness (QED) is 0.300. The molecule has 0 spiro atoms. The first-order chi connectivity index (χ1) is 17.8. The summed E-state index contributed by atoms with van der Waals surface area (Å²) in [6.07, 6.45) is 1.99. The Morgan fingerprint density at radius 2 is 0.974 bits per heavy atom. The predicted octanol–water partition coefficient (Wildman–Crippen LogP) is 0.949. The zero-order valence-corrected chi connectivity index (χ0v) is 23.5. The fourth-order valence-electron chi connectivity index (χ4n) is 3.33. The van der Waals surface area contributed by atoms with E-state index < -0.39 is 45.0 Å². The van der Waals surface area contributed by atoms with Crippen LogP contribution in [0, 0.1) is 0 Å². The van der Waals surface area contributed by atoms with Crippen LogP contribution in [0.3, 0.4) is 0 Å². The van der Waals surface area contributed by atoms with Gasteiger partial charge in [0.15, 0.2) is 0 Å². The van der Waals surface area contributed by atoms with Gasteiger partial charge in [-0.2, -0.15) is 0 Å². The molecule has 0 fully saturated rings. The van der Waals surface area contributed by atoms with Crippen molar-refractivity contribution in [1.82, 2.24) is 10.6 Å². The summed E-state index contributed by atoms with van der Waals surface area (Å²) >= 11 is 0. The van der Waals surface area contributed by atoms with Gasteiger partial charge in [-0.25, -0.2) is 16.8 Å². The van der Waals surface area contributed by atoms with Crippen molar-refractivity contribution in [2.24, 2.45) is 0 Å². The molecule has 0 aliphatic heterocycles. The SMILES string of the molecule is CCOc1ccc(N(CC(=O)NCCNC(=O)CN(c2ccc(OCC)cc2)S(C)(=O)=O)S(C)(=O)=O)cc1. The minimum atomic E-state index is -3.75. The summed E-state index contributed by atoms with van der Waals surface area (Å²) in [6, 6.07) is 12.6. The summed E-state index contributed by atoms with van der Waals surface area (Å²) in [5.41, 5.74) is 0.601. The Labute approximate surface area is 224 Å². The molecular weight excluding hydrogens is 536 g/mol. The number of carbonyl (C=O) groups is 2. The van der Waals surface area contributed by atoms with E-state index in [0.717, 1.165) is 21.1 Å². The molecule has 38 heavy (non-hydrogen) atoms. The molecule has 0 aliphatic rings. The monoisotopic (exact) mass is 570 g/mol. The largest absolute Gasteiger partial charge is 0.494 e. The number of benzene rings is 2. The third kappa shape index (κ3) is 9.74. The topological polar surface area (TPSA) is 151 Å². The average molecular weight is 571 g/mol. The molecule has 14 heteroatoms. The second-order valence-electron chi connectivity index (χ2n) is 8.09. The summed E-state index contributed by atoms with van der Waals surface area (Å²) in [6.45, 7) is 3.67. The van der Waals surface area contributed by atoms with Gasteiger partial charge in [-0.15, -0.1) is 0 Å². The molecule has 2 N–H and O–H groups in total. The van der Waals surface area contributed by atoms with E-state index in [4.69, 9.17) is 9.47 Å². The Hall–Kier alpha value is -3.52. The minimum absolute atomic E-state index is 0.00732. The second-order valence-corrected chi connectivity index (χ2v) is 11.9. The predicted molar refractivity (Wildman–Crippen MR) is 146 cm³/mol. The van der Waals surface area contributed by atoms with Crippen LogP contribution in [-0.4, -0.2) is 80.6 Å². The summed E-state index contributed by atoms with van der Waals surface area (Å²) in [5.74, 6) is -0.0138. The molecule has 2 aromatic rings. The molecule has 12 nitrogen and oxygen atoms in total. The Morgan fingerprint density at radius 3 is 1.24 bits per heavy atom. The van der Waals surface area contributed by atoms with Gasteiger partial charge in [0.25, 0.3) is 0 Å². The molecular formula is C24H34N4O8S2. The van der Waals surface area contributed by atoms with Crippen LogP contribution >= 0.6 is 0 Å². The molecule has 0 aromatic heterocycles. The van der Waals surface area contributed by atoms with Gasteiger partial charge in [-0.05, 0) is 62.4 Å². The molecule has 0 saturated heterocycles. The number of hydrogen-bond donors (Lipinski definition) is 2. The molecule has 0 bridgehead atoms. The molecule has 210 valence electrons. The van der Waals surface area contributed by atoms with Crippen LogP contribution in [0.5, 0.6) is 11.5 Å². The van der Waals surface area contributed by atoms with Crippen molar-refractivity contribution >= 4 is 43.2 Å². The zero-order valence-electron chi connectivity index (χ0n) is 21.8. The summed E-state index contributed by atoms with van der Waals surface area (Å²) in [5, 5.41) is 5.09. The highest BCUT2D eigenvalue weighted by molar-refractivity contribution is 7.92. The smallest absolute Gasteiger partial charge is 0.240 e. The number of nitrogens with one attached hydrogen (secondary N) is 2. The fraction of sp³-hybridized carbons (Fsp3) is 0.417. The maximum Gasteiger partial charge on any atom is 0.240 e. The lowest BCUT2D eigenvalue weighted by Gasteiger charge is -2.23. The number of sulfonamides is 2. The van der Waals surface area contributed by atoms with Gasteiger partial charge < -0.3 is 20.1 Å². The maximum absolute atomic E-state index is 12.4. The van der Waals surface area contributed by atoms with Gasteiger partial charge in [0.2, 0.25) is 31.9 Å². The molecule has 0 atom stereocenters. The molecule has 0 radical (unpaired) electrons. The summed E-state index contributed by atoms with van der Waals surface area (Å²) < 4.78 is 61.6. The Morgan fingerprint density at radius 1 is 0.658 bits per heavy atom. The molecule has 0 heterocycles. The maximum atomic E-state index is 12.4. The van der Waals surface area contributed by atoms with Gasteiger partial charge in [-0.3, -0.25) is 18.2 Å². The van der Waals surface area contributed by atoms with Crippen LogP contribution < -0.4 is 28.7 Å². The van der Waals surface area contributed by atoms with Gasteiger partial charge in [0.1, 0.15) is 24.6 Å². The molecule has 2 aromatic carbocycles. The van der Waals surface area contributed by atoms with Crippen molar-refractivity contribution in [3.63, 3.8) is 0 Å². The Bertz CT molecular complexity index is 1180. The number of carbonyl (C=O) groups excluding carboxylic acids is 2. The average Bonchev–Trinajstić information content (AvgIpc) is 2.84. The van der Waals surface area contributed by atoms with Gasteiger partial charge >= 0.3 is 0 Å². The minimum Gasteiger partial charge on any atom is -0.494 e. The van der Waals surface area contributed by atoms with E-state index in [1.807, 2.05) is 13.8 Å². The first-order valence-corrected chi connectivity index (χ1v) is 15.5. The van der Waals surface area contributed by atoms with Crippen molar-refractivity contribution < 1.29 is 35.9 Å². The van der Waals surface area contributed by atoms with E-state index in [0.29, 0.717) is 36.1 Å². The lowest BCUT2D eigenvalue weighted by Crippen LogP contribution is -2.44. The fourth-order valence-corrected chi connectivity index (χ4v) is 5.04. The number of hydrogen-bond acceptors (Lipinski definition) is 8. The number of anilines is 2. The van der Waals surface area contributed by atoms with Crippen LogP contribution in [0.1, 0.15) is 13.8 Å². The summed E-state index contributed by atoms with van der Waals surface area (Å²) in [4.78, 5) is 24.8. The van der Waals surface area contributed by atoms with E-state index in [2.05, 4.69) is 10.6 Å². The number of amides is 2. The van der Waals surface area contributed by atoms with E-state index in [1.165, 1.54) is 24.3 Å². The highest BCUT2D eigenvalue weighted by atomic mass is 32.2. The van der Waals surface area contributed by atoms with Gasteiger partial charge in [0.05, 0.1) is 37.1 Å². The Kier molecular flexibility index (Phi) is 11.2. The third-order valence-electron chi connectivity index (χ3n) is 5.02. The highest BCUT2D eigenvalue weighted by Crippen LogP contribution is 2.22. The van der Waals surface area contributed by atoms with E-state index in [-0.39, 0.29) is 13.1 Å². The summed E-state index contributed by atoms with van der Waals surface area (Å²) in [7, 11) is -7.50. The van der Waals surface area contributed by atoms with E-state index in [9.17, 15) is 26.4 Å². The van der Waals surface area contributed by atoms with Crippen LogP contribution in [0.2, 0.25) is 0 Å². The highest BCUT2D eigenvalue weighted by Gasteiger charge is 2.22.